The molecule has 0 aromatic carbocycles. The Morgan fingerprint density at radius 1 is 1.55 bits per heavy atom. The van der Waals surface area contributed by atoms with Crippen LogP contribution >= 0.6 is 0 Å². The van der Waals surface area contributed by atoms with Crippen LogP contribution in [0, 0.1) is 0 Å². The van der Waals surface area contributed by atoms with E-state index in [2.05, 4.69) is 4.89 Å². The van der Waals surface area contributed by atoms with E-state index in [1.165, 1.54) is 0 Å². The van der Waals surface area contributed by atoms with Gasteiger partial charge in [-0.3, -0.25) is 5.26 Å². The molecular formula is C8H16O3. The summed E-state index contributed by atoms with van der Waals surface area (Å²) >= 11 is 0. The van der Waals surface area contributed by atoms with E-state index in [1.54, 1.807) is 32.9 Å². The Hall–Kier alpha value is -0.380. The topological polar surface area (TPSA) is 49.7 Å². The van der Waals surface area contributed by atoms with Crippen LogP contribution in [0.1, 0.15) is 27.2 Å². The number of aliphatic hydroxyl groups excluding tert-OH is 1. The zero-order chi connectivity index (χ0) is 8.91. The lowest BCUT2D eigenvalue weighted by Gasteiger charge is -2.14. The standard InChI is InChI=1S/C8H16O3/c1-7(9)5-4-6-8(2,3)11-10/h4,6-7,9-10H,5H2,1-3H3/b6-4+. The molecule has 0 saturated heterocycles. The van der Waals surface area contributed by atoms with Gasteiger partial charge in [-0.15, -0.1) is 0 Å². The minimum absolute atomic E-state index is 0.347. The summed E-state index contributed by atoms with van der Waals surface area (Å²) in [4.78, 5) is 4.15. The van der Waals surface area contributed by atoms with Crippen LogP contribution in [0.15, 0.2) is 12.2 Å². The van der Waals surface area contributed by atoms with E-state index in [0.29, 0.717) is 6.42 Å². The van der Waals surface area contributed by atoms with E-state index in [-0.39, 0.29) is 6.10 Å². The van der Waals surface area contributed by atoms with Crippen LogP contribution in [-0.4, -0.2) is 22.1 Å². The zero-order valence-electron chi connectivity index (χ0n) is 7.24. The predicted molar refractivity (Wildman–Crippen MR) is 43.2 cm³/mol. The molecular weight excluding hydrogens is 144 g/mol. The van der Waals surface area contributed by atoms with Gasteiger partial charge in [-0.2, -0.15) is 0 Å². The summed E-state index contributed by atoms with van der Waals surface area (Å²) in [5.74, 6) is 0. The van der Waals surface area contributed by atoms with Gasteiger partial charge < -0.3 is 5.11 Å². The van der Waals surface area contributed by atoms with Gasteiger partial charge in [0.2, 0.25) is 0 Å². The molecule has 0 rings (SSSR count). The normalized spacial score (nSPS) is 15.7. The quantitative estimate of drug-likeness (QED) is 0.373. The van der Waals surface area contributed by atoms with E-state index in [0.717, 1.165) is 0 Å². The van der Waals surface area contributed by atoms with Crippen molar-refractivity contribution in [2.24, 2.45) is 0 Å². The fraction of sp³-hybridized carbons (Fsp3) is 0.750. The molecule has 0 aromatic heterocycles. The van der Waals surface area contributed by atoms with Crippen molar-refractivity contribution < 1.29 is 15.3 Å². The first-order chi connectivity index (χ1) is 4.98. The minimum atomic E-state index is -0.658. The van der Waals surface area contributed by atoms with Gasteiger partial charge in [-0.05, 0) is 27.2 Å². The minimum Gasteiger partial charge on any atom is -0.393 e. The third-order valence-corrected chi connectivity index (χ3v) is 1.23. The Labute approximate surface area is 67.2 Å². The average Bonchev–Trinajstić information content (AvgIpc) is 1.87. The van der Waals surface area contributed by atoms with E-state index in [4.69, 9.17) is 10.4 Å². The van der Waals surface area contributed by atoms with Gasteiger partial charge in [0.05, 0.1) is 6.10 Å². The molecule has 0 fully saturated rings. The van der Waals surface area contributed by atoms with Crippen molar-refractivity contribution in [2.75, 3.05) is 0 Å². The second-order valence-electron chi connectivity index (χ2n) is 3.18. The van der Waals surface area contributed by atoms with Crippen LogP contribution in [0.4, 0.5) is 0 Å². The maximum absolute atomic E-state index is 8.87. The molecule has 0 radical (unpaired) electrons. The number of aliphatic hydroxyl groups is 1. The third-order valence-electron chi connectivity index (χ3n) is 1.23. The fourth-order valence-corrected chi connectivity index (χ4v) is 0.579. The smallest absolute Gasteiger partial charge is 0.116 e. The number of hydrogen-bond donors (Lipinski definition) is 2. The Kier molecular flexibility index (Phi) is 4.33. The molecule has 2 N–H and O–H groups in total. The molecule has 0 saturated carbocycles. The Morgan fingerprint density at radius 2 is 2.09 bits per heavy atom. The van der Waals surface area contributed by atoms with Crippen LogP contribution in [0.3, 0.4) is 0 Å². The summed E-state index contributed by atoms with van der Waals surface area (Å²) < 4.78 is 0. The summed E-state index contributed by atoms with van der Waals surface area (Å²) in [6, 6.07) is 0. The van der Waals surface area contributed by atoms with Crippen molar-refractivity contribution in [1.82, 2.24) is 0 Å². The second-order valence-corrected chi connectivity index (χ2v) is 3.18. The summed E-state index contributed by atoms with van der Waals surface area (Å²) in [5, 5.41) is 17.2. The average molecular weight is 160 g/mol. The summed E-state index contributed by atoms with van der Waals surface area (Å²) in [5.41, 5.74) is -0.658. The van der Waals surface area contributed by atoms with Gasteiger partial charge >= 0.3 is 0 Å². The van der Waals surface area contributed by atoms with E-state index < -0.39 is 5.60 Å². The third kappa shape index (κ3) is 6.04. The van der Waals surface area contributed by atoms with Crippen molar-refractivity contribution in [1.29, 1.82) is 0 Å². The highest BCUT2D eigenvalue weighted by atomic mass is 17.1. The fourth-order valence-electron chi connectivity index (χ4n) is 0.579. The molecule has 0 aliphatic carbocycles. The van der Waals surface area contributed by atoms with Gasteiger partial charge in [0.15, 0.2) is 0 Å². The SMILES string of the molecule is CC(O)C/C=C/C(C)(C)OO. The van der Waals surface area contributed by atoms with Gasteiger partial charge in [-0.1, -0.05) is 12.2 Å². The molecule has 0 aromatic rings. The van der Waals surface area contributed by atoms with Crippen LogP contribution in [-0.2, 0) is 4.89 Å². The molecule has 3 heteroatoms. The predicted octanol–water partition coefficient (Wildman–Crippen LogP) is 1.58. The summed E-state index contributed by atoms with van der Waals surface area (Å²) in [7, 11) is 0. The molecule has 3 nitrogen and oxygen atoms in total. The van der Waals surface area contributed by atoms with Crippen LogP contribution in [0.5, 0.6) is 0 Å². The molecule has 0 spiro atoms. The highest BCUT2D eigenvalue weighted by Crippen LogP contribution is 2.09. The summed E-state index contributed by atoms with van der Waals surface area (Å²) in [6.45, 7) is 5.16. The monoisotopic (exact) mass is 160 g/mol. The first kappa shape index (κ1) is 10.6. The van der Waals surface area contributed by atoms with Crippen molar-refractivity contribution in [3.8, 4) is 0 Å². The first-order valence-electron chi connectivity index (χ1n) is 3.66. The molecule has 66 valence electrons. The van der Waals surface area contributed by atoms with E-state index in [1.807, 2.05) is 0 Å². The van der Waals surface area contributed by atoms with Gasteiger partial charge in [-0.25, -0.2) is 4.89 Å². The Morgan fingerprint density at radius 3 is 2.45 bits per heavy atom. The van der Waals surface area contributed by atoms with E-state index >= 15 is 0 Å². The van der Waals surface area contributed by atoms with Crippen LogP contribution in [0.25, 0.3) is 0 Å². The van der Waals surface area contributed by atoms with Crippen molar-refractivity contribution >= 4 is 0 Å². The van der Waals surface area contributed by atoms with Gasteiger partial charge in [0, 0.05) is 0 Å². The van der Waals surface area contributed by atoms with Crippen molar-refractivity contribution in [3.63, 3.8) is 0 Å². The highest BCUT2D eigenvalue weighted by molar-refractivity contribution is 4.96. The molecule has 0 heterocycles. The molecule has 0 aliphatic heterocycles. The molecule has 0 bridgehead atoms. The second kappa shape index (κ2) is 4.49. The largest absolute Gasteiger partial charge is 0.393 e. The van der Waals surface area contributed by atoms with E-state index in [9.17, 15) is 0 Å². The first-order valence-corrected chi connectivity index (χ1v) is 3.66. The number of hydrogen-bond acceptors (Lipinski definition) is 3. The van der Waals surface area contributed by atoms with Crippen LogP contribution < -0.4 is 0 Å². The molecule has 0 aliphatic rings. The zero-order valence-corrected chi connectivity index (χ0v) is 7.24. The molecule has 11 heavy (non-hydrogen) atoms. The lowest BCUT2D eigenvalue weighted by Crippen LogP contribution is -2.18. The maximum atomic E-state index is 8.87. The van der Waals surface area contributed by atoms with Crippen molar-refractivity contribution in [3.05, 3.63) is 12.2 Å². The summed E-state index contributed by atoms with van der Waals surface area (Å²) in [6.07, 6.45) is 3.72. The maximum Gasteiger partial charge on any atom is 0.116 e. The van der Waals surface area contributed by atoms with Crippen LogP contribution in [0.2, 0.25) is 0 Å². The Balaban J connectivity index is 3.73. The Bertz CT molecular complexity index is 127. The lowest BCUT2D eigenvalue weighted by atomic mass is 10.1. The molecule has 0 amide bonds. The molecule has 1 unspecified atom stereocenters. The van der Waals surface area contributed by atoms with Gasteiger partial charge in [0.25, 0.3) is 0 Å². The van der Waals surface area contributed by atoms with Gasteiger partial charge in [0.1, 0.15) is 5.60 Å². The number of rotatable bonds is 4. The molecule has 1 atom stereocenters. The lowest BCUT2D eigenvalue weighted by molar-refractivity contribution is -0.297. The highest BCUT2D eigenvalue weighted by Gasteiger charge is 2.12. The van der Waals surface area contributed by atoms with Crippen molar-refractivity contribution in [2.45, 2.75) is 38.9 Å².